The second-order valence-corrected chi connectivity index (χ2v) is 8.09. The van der Waals surface area contributed by atoms with Gasteiger partial charge in [-0.25, -0.2) is 13.6 Å². The summed E-state index contributed by atoms with van der Waals surface area (Å²) in [5.74, 6) is -0.452. The highest BCUT2D eigenvalue weighted by atomic mass is 32.2. The first kappa shape index (κ1) is 19.8. The SMILES string of the molecule is NS(=O)(=O)c1ccc(CNC(=O)c2ccc(N3CCCC3)c([N+](=O)[O-])c2)cc1. The summed E-state index contributed by atoms with van der Waals surface area (Å²) < 4.78 is 22.5. The highest BCUT2D eigenvalue weighted by Crippen LogP contribution is 2.31. The van der Waals surface area contributed by atoms with Gasteiger partial charge in [-0.2, -0.15) is 0 Å². The zero-order valence-electron chi connectivity index (χ0n) is 15.0. The lowest BCUT2D eigenvalue weighted by Gasteiger charge is -2.17. The molecule has 0 bridgehead atoms. The molecule has 2 aromatic rings. The molecule has 0 radical (unpaired) electrons. The molecule has 9 nitrogen and oxygen atoms in total. The Morgan fingerprint density at radius 3 is 2.36 bits per heavy atom. The first-order valence-corrected chi connectivity index (χ1v) is 10.2. The number of nitro benzene ring substituents is 1. The van der Waals surface area contributed by atoms with Gasteiger partial charge in [-0.3, -0.25) is 14.9 Å². The topological polar surface area (TPSA) is 136 Å². The Morgan fingerprint density at radius 1 is 1.14 bits per heavy atom. The van der Waals surface area contributed by atoms with Crippen LogP contribution in [0, 0.1) is 10.1 Å². The van der Waals surface area contributed by atoms with E-state index in [1.54, 1.807) is 24.3 Å². The molecular formula is C18H20N4O5S. The molecule has 1 fully saturated rings. The maximum Gasteiger partial charge on any atom is 0.293 e. The molecule has 1 amide bonds. The second-order valence-electron chi connectivity index (χ2n) is 6.53. The van der Waals surface area contributed by atoms with Gasteiger partial charge in [0.2, 0.25) is 10.0 Å². The van der Waals surface area contributed by atoms with Crippen molar-refractivity contribution in [1.29, 1.82) is 0 Å². The molecule has 0 unspecified atom stereocenters. The number of nitrogens with two attached hydrogens (primary N) is 1. The van der Waals surface area contributed by atoms with E-state index in [1.165, 1.54) is 18.2 Å². The van der Waals surface area contributed by atoms with E-state index < -0.39 is 20.9 Å². The van der Waals surface area contributed by atoms with E-state index in [-0.39, 0.29) is 22.7 Å². The van der Waals surface area contributed by atoms with E-state index in [1.807, 2.05) is 4.90 Å². The predicted octanol–water partition coefficient (Wildman–Crippen LogP) is 1.77. The van der Waals surface area contributed by atoms with E-state index in [9.17, 15) is 23.3 Å². The third-order valence-corrected chi connectivity index (χ3v) is 5.52. The van der Waals surface area contributed by atoms with Gasteiger partial charge in [0.1, 0.15) is 5.69 Å². The van der Waals surface area contributed by atoms with Crippen LogP contribution in [0.4, 0.5) is 11.4 Å². The molecule has 0 atom stereocenters. The molecule has 1 saturated heterocycles. The van der Waals surface area contributed by atoms with Crippen molar-refractivity contribution >= 4 is 27.3 Å². The normalized spacial score (nSPS) is 14.1. The van der Waals surface area contributed by atoms with Crippen LogP contribution in [0.3, 0.4) is 0 Å². The van der Waals surface area contributed by atoms with Crippen LogP contribution in [-0.2, 0) is 16.6 Å². The molecule has 3 rings (SSSR count). The van der Waals surface area contributed by atoms with Crippen molar-refractivity contribution in [3.05, 3.63) is 63.7 Å². The Balaban J connectivity index is 1.72. The maximum absolute atomic E-state index is 12.4. The number of anilines is 1. The number of nitro groups is 1. The van der Waals surface area contributed by atoms with Crippen LogP contribution in [0.15, 0.2) is 47.4 Å². The highest BCUT2D eigenvalue weighted by Gasteiger charge is 2.23. The van der Waals surface area contributed by atoms with Gasteiger partial charge in [0, 0.05) is 31.3 Å². The summed E-state index contributed by atoms with van der Waals surface area (Å²) in [7, 11) is -3.77. The Morgan fingerprint density at radius 2 is 1.79 bits per heavy atom. The second kappa shape index (κ2) is 7.95. The molecule has 28 heavy (non-hydrogen) atoms. The Bertz CT molecular complexity index is 999. The van der Waals surface area contributed by atoms with E-state index in [0.29, 0.717) is 11.3 Å². The van der Waals surface area contributed by atoms with Gasteiger partial charge in [0.25, 0.3) is 11.6 Å². The number of primary sulfonamides is 1. The monoisotopic (exact) mass is 404 g/mol. The molecule has 1 aliphatic rings. The number of benzene rings is 2. The zero-order valence-corrected chi connectivity index (χ0v) is 15.8. The number of rotatable bonds is 6. The minimum absolute atomic E-state index is 0.0179. The number of amides is 1. The number of carbonyl (C=O) groups is 1. The summed E-state index contributed by atoms with van der Waals surface area (Å²) in [6.07, 6.45) is 1.98. The van der Waals surface area contributed by atoms with Gasteiger partial charge in [-0.05, 0) is 42.7 Å². The Kier molecular flexibility index (Phi) is 5.61. The molecule has 0 aliphatic carbocycles. The summed E-state index contributed by atoms with van der Waals surface area (Å²) >= 11 is 0. The fraction of sp³-hybridized carbons (Fsp3) is 0.278. The number of sulfonamides is 1. The molecule has 148 valence electrons. The van der Waals surface area contributed by atoms with Crippen LogP contribution in [0.1, 0.15) is 28.8 Å². The van der Waals surface area contributed by atoms with Crippen molar-refractivity contribution in [3.63, 3.8) is 0 Å². The van der Waals surface area contributed by atoms with Crippen molar-refractivity contribution in [2.45, 2.75) is 24.3 Å². The largest absolute Gasteiger partial charge is 0.366 e. The van der Waals surface area contributed by atoms with Crippen LogP contribution in [0.25, 0.3) is 0 Å². The minimum atomic E-state index is -3.77. The summed E-state index contributed by atoms with van der Waals surface area (Å²) in [6, 6.07) is 10.3. The molecule has 0 spiro atoms. The number of hydrogen-bond donors (Lipinski definition) is 2. The number of carbonyl (C=O) groups excluding carboxylic acids is 1. The number of hydrogen-bond acceptors (Lipinski definition) is 6. The third-order valence-electron chi connectivity index (χ3n) is 4.59. The summed E-state index contributed by atoms with van der Waals surface area (Å²) in [5, 5.41) is 19.2. The fourth-order valence-electron chi connectivity index (χ4n) is 3.12. The molecule has 10 heteroatoms. The molecule has 1 aliphatic heterocycles. The Hall–Kier alpha value is -2.98. The van der Waals surface area contributed by atoms with Crippen molar-refractivity contribution in [2.24, 2.45) is 5.14 Å². The average Bonchev–Trinajstić information content (AvgIpc) is 3.19. The molecule has 0 aromatic heterocycles. The van der Waals surface area contributed by atoms with Crippen molar-refractivity contribution in [3.8, 4) is 0 Å². The first-order chi connectivity index (χ1) is 13.3. The van der Waals surface area contributed by atoms with Crippen LogP contribution in [0.2, 0.25) is 0 Å². The van der Waals surface area contributed by atoms with Gasteiger partial charge in [-0.1, -0.05) is 12.1 Å². The van der Waals surface area contributed by atoms with Crippen molar-refractivity contribution in [1.82, 2.24) is 5.32 Å². The minimum Gasteiger partial charge on any atom is -0.366 e. The van der Waals surface area contributed by atoms with Gasteiger partial charge in [0.15, 0.2) is 0 Å². The maximum atomic E-state index is 12.4. The molecule has 2 aromatic carbocycles. The molecule has 3 N–H and O–H groups in total. The van der Waals surface area contributed by atoms with Crippen molar-refractivity contribution < 1.29 is 18.1 Å². The molecular weight excluding hydrogens is 384 g/mol. The van der Waals surface area contributed by atoms with Crippen LogP contribution in [-0.4, -0.2) is 32.3 Å². The average molecular weight is 404 g/mol. The smallest absolute Gasteiger partial charge is 0.293 e. The third kappa shape index (κ3) is 4.46. The van der Waals surface area contributed by atoms with E-state index in [2.05, 4.69) is 5.32 Å². The summed E-state index contributed by atoms with van der Waals surface area (Å²) in [5.41, 5.74) is 1.30. The van der Waals surface area contributed by atoms with Crippen LogP contribution >= 0.6 is 0 Å². The molecule has 1 heterocycles. The first-order valence-electron chi connectivity index (χ1n) is 8.69. The predicted molar refractivity (Wildman–Crippen MR) is 104 cm³/mol. The van der Waals surface area contributed by atoms with Gasteiger partial charge in [0.05, 0.1) is 9.82 Å². The fourth-order valence-corrected chi connectivity index (χ4v) is 3.63. The van der Waals surface area contributed by atoms with Crippen LogP contribution < -0.4 is 15.4 Å². The van der Waals surface area contributed by atoms with E-state index >= 15 is 0 Å². The van der Waals surface area contributed by atoms with Gasteiger partial charge >= 0.3 is 0 Å². The summed E-state index contributed by atoms with van der Waals surface area (Å²) in [4.78, 5) is 25.3. The zero-order chi connectivity index (χ0) is 20.3. The lowest BCUT2D eigenvalue weighted by atomic mass is 10.1. The number of nitrogens with one attached hydrogen (secondary N) is 1. The standard InChI is InChI=1S/C18H20N4O5S/c19-28(26,27)15-6-3-13(4-7-15)12-20-18(23)14-5-8-16(17(11-14)22(24)25)21-9-1-2-10-21/h3-8,11H,1-2,9-10,12H2,(H,20,23)(H2,19,26,27). The lowest BCUT2D eigenvalue weighted by Crippen LogP contribution is -2.24. The van der Waals surface area contributed by atoms with Gasteiger partial charge in [-0.15, -0.1) is 0 Å². The van der Waals surface area contributed by atoms with E-state index in [0.717, 1.165) is 25.9 Å². The van der Waals surface area contributed by atoms with Gasteiger partial charge < -0.3 is 10.2 Å². The van der Waals surface area contributed by atoms with Crippen LogP contribution in [0.5, 0.6) is 0 Å². The van der Waals surface area contributed by atoms with Crippen molar-refractivity contribution in [2.75, 3.05) is 18.0 Å². The highest BCUT2D eigenvalue weighted by molar-refractivity contribution is 7.89. The summed E-state index contributed by atoms with van der Waals surface area (Å²) in [6.45, 7) is 1.67. The molecule has 0 saturated carbocycles. The number of nitrogens with zero attached hydrogens (tertiary/aromatic N) is 2. The Labute approximate surface area is 162 Å². The quantitative estimate of drug-likeness (QED) is 0.556. The lowest BCUT2D eigenvalue weighted by molar-refractivity contribution is -0.384. The van der Waals surface area contributed by atoms with E-state index in [4.69, 9.17) is 5.14 Å².